The van der Waals surface area contributed by atoms with E-state index in [1.807, 2.05) is 0 Å². The number of aliphatic hydroxyl groups excluding tert-OH is 1. The van der Waals surface area contributed by atoms with E-state index in [1.165, 1.54) is 6.07 Å². The molecular weight excluding hydrogens is 452 g/mol. The molecule has 2 aliphatic heterocycles. The smallest absolute Gasteiger partial charge is 0.250 e. The molecule has 2 N–H and O–H groups in total. The van der Waals surface area contributed by atoms with Gasteiger partial charge in [0.05, 0.1) is 39.5 Å². The Labute approximate surface area is 201 Å². The normalized spacial score (nSPS) is 19.8. The van der Waals surface area contributed by atoms with Crippen LogP contribution in [-0.4, -0.2) is 62.8 Å². The van der Waals surface area contributed by atoms with Gasteiger partial charge in [0.1, 0.15) is 12.0 Å². The highest BCUT2D eigenvalue weighted by Crippen LogP contribution is 2.35. The van der Waals surface area contributed by atoms with Crippen LogP contribution in [-0.2, 0) is 20.0 Å². The molecule has 0 aliphatic carbocycles. The summed E-state index contributed by atoms with van der Waals surface area (Å²) in [5.41, 5.74) is 3.54. The van der Waals surface area contributed by atoms with Crippen LogP contribution in [0, 0.1) is 17.2 Å². The first-order valence-corrected chi connectivity index (χ1v) is 12.3. The zero-order valence-electron chi connectivity index (χ0n) is 18.9. The van der Waals surface area contributed by atoms with Crippen LogP contribution in [0.5, 0.6) is 5.75 Å². The van der Waals surface area contributed by atoms with Crippen LogP contribution >= 0.6 is 11.8 Å². The van der Waals surface area contributed by atoms with E-state index in [-0.39, 0.29) is 11.5 Å². The highest BCUT2D eigenvalue weighted by Gasteiger charge is 2.31. The summed E-state index contributed by atoms with van der Waals surface area (Å²) >= 11 is 1.67. The number of ether oxygens (including phenoxy) is 1. The predicted molar refractivity (Wildman–Crippen MR) is 129 cm³/mol. The van der Waals surface area contributed by atoms with E-state index in [4.69, 9.17) is 4.74 Å². The third kappa shape index (κ3) is 4.52. The number of nitriles is 1. The second-order valence-corrected chi connectivity index (χ2v) is 9.69. The highest BCUT2D eigenvalue weighted by molar-refractivity contribution is 7.99. The van der Waals surface area contributed by atoms with Crippen molar-refractivity contribution in [2.75, 3.05) is 32.1 Å². The number of β-amino-alcohol motifs (C(OH)–C–C–N with tert-alkyl or cyclic N) is 1. The number of aryl methyl sites for hydroxylation is 1. The summed E-state index contributed by atoms with van der Waals surface area (Å²) in [5, 5.41) is 23.6. The Balaban J connectivity index is 1.20. The van der Waals surface area contributed by atoms with Crippen LogP contribution in [0.25, 0.3) is 11.0 Å². The largest absolute Gasteiger partial charge is 0.480 e. The molecule has 0 amide bonds. The number of aromatic nitrogens is 3. The number of hydrogen-bond donors (Lipinski definition) is 2. The fourth-order valence-electron chi connectivity index (χ4n) is 4.69. The monoisotopic (exact) mass is 478 g/mol. The zero-order chi connectivity index (χ0) is 23.7. The summed E-state index contributed by atoms with van der Waals surface area (Å²) in [7, 11) is 1.71. The molecule has 0 radical (unpaired) electrons. The van der Waals surface area contributed by atoms with Crippen LogP contribution in [0.15, 0.2) is 40.3 Å². The van der Waals surface area contributed by atoms with E-state index >= 15 is 0 Å². The Kier molecular flexibility index (Phi) is 6.52. The molecule has 2 atom stereocenters. The summed E-state index contributed by atoms with van der Waals surface area (Å²) in [5.74, 6) is 1.60. The van der Waals surface area contributed by atoms with Crippen molar-refractivity contribution >= 4 is 22.8 Å². The molecule has 10 heteroatoms. The van der Waals surface area contributed by atoms with Crippen molar-refractivity contribution in [3.8, 4) is 11.8 Å². The Morgan fingerprint density at radius 1 is 1.32 bits per heavy atom. The second kappa shape index (κ2) is 9.72. The van der Waals surface area contributed by atoms with Gasteiger partial charge in [-0.2, -0.15) is 5.26 Å². The molecule has 3 aromatic heterocycles. The number of likely N-dealkylation sites (tertiary alicyclic amines) is 1. The number of fused-ring (bicyclic) bond motifs is 2. The molecule has 2 aliphatic rings. The van der Waals surface area contributed by atoms with Crippen molar-refractivity contribution in [1.82, 2.24) is 24.8 Å². The minimum Gasteiger partial charge on any atom is -0.480 e. The molecule has 9 nitrogen and oxygen atoms in total. The molecule has 5 rings (SSSR count). The van der Waals surface area contributed by atoms with Gasteiger partial charge in [0.15, 0.2) is 5.75 Å². The van der Waals surface area contributed by atoms with Gasteiger partial charge in [0.25, 0.3) is 5.56 Å². The molecule has 176 valence electrons. The maximum Gasteiger partial charge on any atom is 0.250 e. The van der Waals surface area contributed by atoms with Gasteiger partial charge in [-0.3, -0.25) is 14.8 Å². The number of rotatable bonds is 7. The number of thioether (sulfide) groups is 1. The molecule has 0 spiro atoms. The molecule has 1 saturated heterocycles. The van der Waals surface area contributed by atoms with E-state index in [0.717, 1.165) is 28.4 Å². The van der Waals surface area contributed by atoms with Crippen molar-refractivity contribution in [2.45, 2.75) is 24.0 Å². The molecule has 34 heavy (non-hydrogen) atoms. The van der Waals surface area contributed by atoms with Crippen molar-refractivity contribution in [3.05, 3.63) is 57.8 Å². The molecular formula is C24H26N6O3S. The average Bonchev–Trinajstić information content (AvgIpc) is 3.45. The fourth-order valence-corrected chi connectivity index (χ4v) is 5.48. The van der Waals surface area contributed by atoms with Gasteiger partial charge < -0.3 is 24.6 Å². The minimum absolute atomic E-state index is 0.112. The lowest BCUT2D eigenvalue weighted by Crippen LogP contribution is -2.30. The Morgan fingerprint density at radius 2 is 2.21 bits per heavy atom. The van der Waals surface area contributed by atoms with Gasteiger partial charge in [0.2, 0.25) is 0 Å². The lowest BCUT2D eigenvalue weighted by Gasteiger charge is -2.18. The Morgan fingerprint density at radius 3 is 3.06 bits per heavy atom. The first-order chi connectivity index (χ1) is 16.5. The number of hydrogen-bond acceptors (Lipinski definition) is 9. The second-order valence-electron chi connectivity index (χ2n) is 8.72. The third-order valence-electron chi connectivity index (χ3n) is 6.55. The van der Waals surface area contributed by atoms with Gasteiger partial charge >= 0.3 is 0 Å². The number of aliphatic hydroxyl groups is 1. The molecule has 3 aromatic rings. The third-order valence-corrected chi connectivity index (χ3v) is 7.41. The molecule has 1 fully saturated rings. The van der Waals surface area contributed by atoms with E-state index in [1.54, 1.807) is 41.8 Å². The lowest BCUT2D eigenvalue weighted by molar-refractivity contribution is 0.140. The van der Waals surface area contributed by atoms with E-state index in [9.17, 15) is 15.2 Å². The van der Waals surface area contributed by atoms with Crippen LogP contribution in [0.3, 0.4) is 0 Å². The summed E-state index contributed by atoms with van der Waals surface area (Å²) in [6, 6.07) is 7.46. The molecule has 0 aromatic carbocycles. The molecule has 5 heterocycles. The molecule has 0 unspecified atom stereocenters. The summed E-state index contributed by atoms with van der Waals surface area (Å²) in [6.07, 6.45) is 3.53. The van der Waals surface area contributed by atoms with E-state index in [0.29, 0.717) is 55.1 Å². The lowest BCUT2D eigenvalue weighted by atomic mass is 10.0. The SMILES string of the molecule is Cn1c(=O)ccc2ncc(C#N)c(CCN3C[C@H](CNCc4cc5c(cn4)OCS5)[C@H](O)C3)c21. The van der Waals surface area contributed by atoms with E-state index < -0.39 is 6.10 Å². The number of nitrogens with one attached hydrogen (secondary N) is 1. The zero-order valence-corrected chi connectivity index (χ0v) is 19.7. The number of pyridine rings is 3. The van der Waals surface area contributed by atoms with Gasteiger partial charge in [-0.1, -0.05) is 11.8 Å². The maximum absolute atomic E-state index is 12.2. The Bertz CT molecular complexity index is 1320. The van der Waals surface area contributed by atoms with Gasteiger partial charge in [-0.15, -0.1) is 0 Å². The van der Waals surface area contributed by atoms with Gasteiger partial charge in [-0.05, 0) is 24.1 Å². The van der Waals surface area contributed by atoms with Crippen molar-refractivity contribution < 1.29 is 9.84 Å². The summed E-state index contributed by atoms with van der Waals surface area (Å²) in [4.78, 5) is 24.3. The van der Waals surface area contributed by atoms with Crippen LogP contribution < -0.4 is 15.6 Å². The summed E-state index contributed by atoms with van der Waals surface area (Å²) < 4.78 is 7.03. The highest BCUT2D eigenvalue weighted by atomic mass is 32.2. The number of nitrogens with zero attached hydrogens (tertiary/aromatic N) is 5. The summed E-state index contributed by atoms with van der Waals surface area (Å²) in [6.45, 7) is 3.37. The standard InChI is InChI=1S/C24H26N6O3S/c1-29-23(32)3-2-19-24(29)18(15(7-25)9-28-19)4-5-30-12-16(20(31)13-30)8-26-10-17-6-22-21(11-27-17)33-14-34-22/h2-3,6,9,11,16,20,26,31H,4-5,8,10,12-14H2,1H3/t16-,20+/m0/s1. The minimum atomic E-state index is -0.418. The topological polar surface area (TPSA) is 116 Å². The van der Waals surface area contributed by atoms with Crippen molar-refractivity contribution in [2.24, 2.45) is 13.0 Å². The van der Waals surface area contributed by atoms with Crippen molar-refractivity contribution in [1.29, 1.82) is 5.26 Å². The van der Waals surface area contributed by atoms with E-state index in [2.05, 4.69) is 32.3 Å². The quantitative estimate of drug-likeness (QED) is 0.518. The van der Waals surface area contributed by atoms with Crippen LogP contribution in [0.1, 0.15) is 16.8 Å². The predicted octanol–water partition coefficient (Wildman–Crippen LogP) is 1.27. The Hall–Kier alpha value is -2.97. The molecule has 0 bridgehead atoms. The van der Waals surface area contributed by atoms with Gasteiger partial charge in [-0.25, -0.2) is 0 Å². The van der Waals surface area contributed by atoms with Gasteiger partial charge in [0, 0.05) is 58.0 Å². The first-order valence-electron chi connectivity index (χ1n) is 11.3. The van der Waals surface area contributed by atoms with Crippen LogP contribution in [0.2, 0.25) is 0 Å². The first kappa shape index (κ1) is 22.8. The van der Waals surface area contributed by atoms with Crippen LogP contribution in [0.4, 0.5) is 0 Å². The van der Waals surface area contributed by atoms with Crippen molar-refractivity contribution in [3.63, 3.8) is 0 Å². The average molecular weight is 479 g/mol. The fraction of sp³-hybridized carbons (Fsp3) is 0.417. The maximum atomic E-state index is 12.2. The molecule has 0 saturated carbocycles.